The van der Waals surface area contributed by atoms with Gasteiger partial charge in [-0.05, 0) is 24.2 Å². The molecule has 1 atom stereocenters. The van der Waals surface area contributed by atoms with E-state index >= 15 is 0 Å². The molecule has 0 saturated heterocycles. The lowest BCUT2D eigenvalue weighted by Gasteiger charge is -2.24. The van der Waals surface area contributed by atoms with E-state index in [0.29, 0.717) is 11.3 Å². The molecule has 0 fully saturated rings. The van der Waals surface area contributed by atoms with Crippen molar-refractivity contribution in [3.05, 3.63) is 12.2 Å². The highest BCUT2D eigenvalue weighted by atomic mass is 16.0. The lowest BCUT2D eigenvalue weighted by molar-refractivity contribution is 0.314. The Morgan fingerprint density at radius 1 is 1.14 bits per heavy atom. The van der Waals surface area contributed by atoms with Crippen LogP contribution in [0.15, 0.2) is 12.2 Å². The summed E-state index contributed by atoms with van der Waals surface area (Å²) in [4.78, 5) is 0. The molecule has 0 aliphatic heterocycles. The predicted octanol–water partition coefficient (Wildman–Crippen LogP) is 3.98. The molecule has 0 heterocycles. The standard InChI is InChI=1S/C13H26.H2O/c1-6-7-8-9-10-11-12(2)13(3,4)5;/h10-12H,6-9H2,1-5H3;1H2. The molecule has 14 heavy (non-hydrogen) atoms. The summed E-state index contributed by atoms with van der Waals surface area (Å²) >= 11 is 0. The quantitative estimate of drug-likeness (QED) is 0.475. The van der Waals surface area contributed by atoms with Gasteiger partial charge in [0.2, 0.25) is 0 Å². The molecule has 0 aromatic rings. The fraction of sp³-hybridized carbons (Fsp3) is 0.846. The maximum atomic E-state index is 2.37. The first-order chi connectivity index (χ1) is 5.98. The van der Waals surface area contributed by atoms with Crippen molar-refractivity contribution in [1.29, 1.82) is 0 Å². The fourth-order valence-electron chi connectivity index (χ4n) is 1.10. The van der Waals surface area contributed by atoms with Crippen molar-refractivity contribution in [2.75, 3.05) is 0 Å². The topological polar surface area (TPSA) is 31.5 Å². The van der Waals surface area contributed by atoms with Crippen molar-refractivity contribution >= 4 is 0 Å². The zero-order chi connectivity index (χ0) is 10.3. The van der Waals surface area contributed by atoms with E-state index in [4.69, 9.17) is 0 Å². The minimum absolute atomic E-state index is 0. The zero-order valence-electron chi connectivity index (χ0n) is 10.6. The van der Waals surface area contributed by atoms with E-state index in [1.54, 1.807) is 0 Å². The minimum atomic E-state index is 0. The number of unbranched alkanes of at least 4 members (excludes halogenated alkanes) is 3. The van der Waals surface area contributed by atoms with E-state index in [1.165, 1.54) is 25.7 Å². The highest BCUT2D eigenvalue weighted by Gasteiger charge is 2.16. The first kappa shape index (κ1) is 16.1. The molecule has 2 N–H and O–H groups in total. The average molecular weight is 200 g/mol. The molecule has 86 valence electrons. The summed E-state index contributed by atoms with van der Waals surface area (Å²) in [5.74, 6) is 0.689. The van der Waals surface area contributed by atoms with Crippen molar-refractivity contribution in [2.24, 2.45) is 11.3 Å². The molecule has 0 bridgehead atoms. The van der Waals surface area contributed by atoms with Gasteiger partial charge in [-0.2, -0.15) is 0 Å². The van der Waals surface area contributed by atoms with E-state index in [-0.39, 0.29) is 5.48 Å². The Hall–Kier alpha value is -0.300. The molecule has 0 saturated carbocycles. The Morgan fingerprint density at radius 2 is 1.71 bits per heavy atom. The molecule has 0 rings (SSSR count). The van der Waals surface area contributed by atoms with Gasteiger partial charge < -0.3 is 5.48 Å². The number of hydrogen-bond donors (Lipinski definition) is 0. The highest BCUT2D eigenvalue weighted by Crippen LogP contribution is 2.26. The number of hydrogen-bond acceptors (Lipinski definition) is 0. The first-order valence-corrected chi connectivity index (χ1v) is 5.65. The maximum Gasteiger partial charge on any atom is -0.0213 e. The van der Waals surface area contributed by atoms with Crippen molar-refractivity contribution in [3.63, 3.8) is 0 Å². The van der Waals surface area contributed by atoms with Crippen molar-refractivity contribution < 1.29 is 5.48 Å². The zero-order valence-corrected chi connectivity index (χ0v) is 10.6. The third-order valence-corrected chi connectivity index (χ3v) is 2.77. The molecule has 0 amide bonds. The van der Waals surface area contributed by atoms with Crippen LogP contribution >= 0.6 is 0 Å². The van der Waals surface area contributed by atoms with Crippen molar-refractivity contribution in [3.8, 4) is 0 Å². The van der Waals surface area contributed by atoms with Crippen LogP contribution in [0.3, 0.4) is 0 Å². The summed E-state index contributed by atoms with van der Waals surface area (Å²) in [5, 5.41) is 0. The van der Waals surface area contributed by atoms with E-state index in [0.717, 1.165) is 0 Å². The van der Waals surface area contributed by atoms with Gasteiger partial charge >= 0.3 is 0 Å². The van der Waals surface area contributed by atoms with Crippen LogP contribution < -0.4 is 0 Å². The molecule has 1 unspecified atom stereocenters. The predicted molar refractivity (Wildman–Crippen MR) is 65.5 cm³/mol. The van der Waals surface area contributed by atoms with Gasteiger partial charge in [0.15, 0.2) is 0 Å². The van der Waals surface area contributed by atoms with E-state index < -0.39 is 0 Å². The Labute approximate surface area is 89.9 Å². The number of rotatable bonds is 5. The Balaban J connectivity index is 0. The number of allylic oxidation sites excluding steroid dienone is 2. The molecule has 0 radical (unpaired) electrons. The molecule has 1 heteroatoms. The van der Waals surface area contributed by atoms with E-state index in [2.05, 4.69) is 46.8 Å². The van der Waals surface area contributed by atoms with Gasteiger partial charge in [-0.25, -0.2) is 0 Å². The second-order valence-corrected chi connectivity index (χ2v) is 5.08. The van der Waals surface area contributed by atoms with Crippen LogP contribution in [0.5, 0.6) is 0 Å². The normalized spacial score (nSPS) is 14.1. The summed E-state index contributed by atoms with van der Waals surface area (Å²) in [5.41, 5.74) is 0.418. The van der Waals surface area contributed by atoms with E-state index in [1.807, 2.05) is 0 Å². The van der Waals surface area contributed by atoms with Gasteiger partial charge in [0.25, 0.3) is 0 Å². The summed E-state index contributed by atoms with van der Waals surface area (Å²) < 4.78 is 0. The lowest BCUT2D eigenvalue weighted by Crippen LogP contribution is -2.14. The van der Waals surface area contributed by atoms with Crippen LogP contribution in [0.2, 0.25) is 0 Å². The molecule has 0 aromatic heterocycles. The van der Waals surface area contributed by atoms with Gasteiger partial charge in [-0.1, -0.05) is 59.6 Å². The van der Waals surface area contributed by atoms with Gasteiger partial charge in [-0.15, -0.1) is 0 Å². The summed E-state index contributed by atoms with van der Waals surface area (Å²) in [6.07, 6.45) is 10.0. The molecule has 0 spiro atoms. The second-order valence-electron chi connectivity index (χ2n) is 5.08. The Kier molecular flexibility index (Phi) is 9.28. The Bertz CT molecular complexity index is 142. The molecule has 1 nitrogen and oxygen atoms in total. The summed E-state index contributed by atoms with van der Waals surface area (Å²) in [7, 11) is 0. The smallest absolute Gasteiger partial charge is 0.0213 e. The van der Waals surface area contributed by atoms with Crippen LogP contribution in [0.4, 0.5) is 0 Å². The van der Waals surface area contributed by atoms with Crippen LogP contribution in [-0.4, -0.2) is 5.48 Å². The van der Waals surface area contributed by atoms with Crippen molar-refractivity contribution in [2.45, 2.75) is 60.3 Å². The third-order valence-electron chi connectivity index (χ3n) is 2.77. The van der Waals surface area contributed by atoms with E-state index in [9.17, 15) is 0 Å². The second kappa shape index (κ2) is 8.05. The van der Waals surface area contributed by atoms with Gasteiger partial charge in [-0.3, -0.25) is 0 Å². The molecule has 0 aliphatic rings. The van der Waals surface area contributed by atoms with Crippen LogP contribution in [0.1, 0.15) is 60.3 Å². The first-order valence-electron chi connectivity index (χ1n) is 5.65. The van der Waals surface area contributed by atoms with Crippen molar-refractivity contribution in [1.82, 2.24) is 0 Å². The van der Waals surface area contributed by atoms with Crippen LogP contribution in [0.25, 0.3) is 0 Å². The summed E-state index contributed by atoms with van der Waals surface area (Å²) in [6.45, 7) is 11.5. The third kappa shape index (κ3) is 8.31. The SMILES string of the molecule is CCCCCC=CC(C)C(C)(C)C.O. The van der Waals surface area contributed by atoms with Gasteiger partial charge in [0.05, 0.1) is 0 Å². The Morgan fingerprint density at radius 3 is 2.14 bits per heavy atom. The minimum Gasteiger partial charge on any atom is -0.412 e. The fourth-order valence-corrected chi connectivity index (χ4v) is 1.10. The van der Waals surface area contributed by atoms with Gasteiger partial charge in [0.1, 0.15) is 0 Å². The molecule has 0 aromatic carbocycles. The monoisotopic (exact) mass is 200 g/mol. The molecule has 0 aliphatic carbocycles. The van der Waals surface area contributed by atoms with Crippen LogP contribution in [0, 0.1) is 11.3 Å². The summed E-state index contributed by atoms with van der Waals surface area (Å²) in [6, 6.07) is 0. The van der Waals surface area contributed by atoms with Crippen LogP contribution in [-0.2, 0) is 0 Å². The lowest BCUT2D eigenvalue weighted by atomic mass is 9.82. The van der Waals surface area contributed by atoms with Gasteiger partial charge in [0, 0.05) is 0 Å². The average Bonchev–Trinajstić information content (AvgIpc) is 2.02. The molecular formula is C13H28O. The largest absolute Gasteiger partial charge is 0.412 e. The maximum absolute atomic E-state index is 2.37. The highest BCUT2D eigenvalue weighted by molar-refractivity contribution is 4.91. The molecular weight excluding hydrogens is 172 g/mol.